The first-order valence-corrected chi connectivity index (χ1v) is 5.92. The van der Waals surface area contributed by atoms with Crippen molar-refractivity contribution in [1.29, 1.82) is 0 Å². The molecule has 0 aliphatic rings. The molecule has 0 aromatic carbocycles. The fraction of sp³-hybridized carbons (Fsp3) is 0.636. The van der Waals surface area contributed by atoms with Gasteiger partial charge in [-0.15, -0.1) is 11.6 Å². The summed E-state index contributed by atoms with van der Waals surface area (Å²) in [5.41, 5.74) is 1.48. The Morgan fingerprint density at radius 2 is 2.31 bits per heavy atom. The Hall–Kier alpha value is -1.03. The number of aromatic nitrogens is 2. The van der Waals surface area contributed by atoms with Crippen molar-refractivity contribution >= 4 is 17.5 Å². The molecule has 1 atom stereocenters. The van der Waals surface area contributed by atoms with Gasteiger partial charge in [-0.1, -0.05) is 0 Å². The van der Waals surface area contributed by atoms with Crippen LogP contribution in [0.5, 0.6) is 0 Å². The lowest BCUT2D eigenvalue weighted by Gasteiger charge is -2.23. The van der Waals surface area contributed by atoms with Gasteiger partial charge in [-0.05, 0) is 26.8 Å². The van der Waals surface area contributed by atoms with Crippen LogP contribution in [0.15, 0.2) is 6.07 Å². The van der Waals surface area contributed by atoms with E-state index in [9.17, 15) is 4.79 Å². The van der Waals surface area contributed by atoms with Gasteiger partial charge in [0.2, 0.25) is 0 Å². The maximum Gasteiger partial charge on any atom is 0.272 e. The Bertz CT molecular complexity index is 375. The van der Waals surface area contributed by atoms with Crippen LogP contribution in [-0.4, -0.2) is 39.6 Å². The van der Waals surface area contributed by atoms with Crippen molar-refractivity contribution in [3.05, 3.63) is 17.5 Å². The highest BCUT2D eigenvalue weighted by Crippen LogP contribution is 2.09. The smallest absolute Gasteiger partial charge is 0.272 e. The Morgan fingerprint density at radius 3 is 2.81 bits per heavy atom. The molecule has 4 nitrogen and oxygen atoms in total. The maximum atomic E-state index is 12.1. The van der Waals surface area contributed by atoms with Crippen LogP contribution in [0.25, 0.3) is 0 Å². The van der Waals surface area contributed by atoms with Gasteiger partial charge >= 0.3 is 0 Å². The Morgan fingerprint density at radius 1 is 1.69 bits per heavy atom. The van der Waals surface area contributed by atoms with Gasteiger partial charge < -0.3 is 4.90 Å². The van der Waals surface area contributed by atoms with Crippen LogP contribution in [0, 0.1) is 6.92 Å². The van der Waals surface area contributed by atoms with Gasteiger partial charge in [0.25, 0.3) is 5.91 Å². The highest BCUT2D eigenvalue weighted by molar-refractivity contribution is 6.18. The van der Waals surface area contributed by atoms with Crippen molar-refractivity contribution in [2.75, 3.05) is 12.9 Å². The Balaban J connectivity index is 2.95. The van der Waals surface area contributed by atoms with Gasteiger partial charge in [-0.3, -0.25) is 9.48 Å². The number of alkyl halides is 1. The van der Waals surface area contributed by atoms with E-state index in [1.165, 1.54) is 0 Å². The molecule has 1 rings (SSSR count). The molecule has 0 fully saturated rings. The van der Waals surface area contributed by atoms with E-state index >= 15 is 0 Å². The van der Waals surface area contributed by atoms with Gasteiger partial charge in [0.05, 0.1) is 5.69 Å². The molecule has 1 aromatic rings. The van der Waals surface area contributed by atoms with Crippen LogP contribution in [-0.2, 0) is 6.54 Å². The zero-order valence-corrected chi connectivity index (χ0v) is 11.0. The Kier molecular flexibility index (Phi) is 4.35. The first kappa shape index (κ1) is 13.0. The number of hydrogen-bond acceptors (Lipinski definition) is 2. The quantitative estimate of drug-likeness (QED) is 0.758. The van der Waals surface area contributed by atoms with E-state index in [0.29, 0.717) is 18.1 Å². The maximum absolute atomic E-state index is 12.1. The van der Waals surface area contributed by atoms with Crippen molar-refractivity contribution in [3.8, 4) is 0 Å². The minimum absolute atomic E-state index is 0.0229. The zero-order valence-electron chi connectivity index (χ0n) is 10.2. The molecule has 0 spiro atoms. The molecule has 0 N–H and O–H groups in total. The molecule has 0 aliphatic heterocycles. The monoisotopic (exact) mass is 243 g/mol. The van der Waals surface area contributed by atoms with Gasteiger partial charge in [0, 0.05) is 25.5 Å². The van der Waals surface area contributed by atoms with E-state index in [1.807, 2.05) is 26.8 Å². The van der Waals surface area contributed by atoms with Crippen molar-refractivity contribution in [2.24, 2.45) is 0 Å². The molecule has 5 heteroatoms. The van der Waals surface area contributed by atoms with Crippen molar-refractivity contribution < 1.29 is 4.79 Å². The predicted octanol–water partition coefficient (Wildman–Crippen LogP) is 1.91. The number of halogens is 1. The van der Waals surface area contributed by atoms with Gasteiger partial charge in [0.1, 0.15) is 5.69 Å². The zero-order chi connectivity index (χ0) is 12.3. The lowest BCUT2D eigenvalue weighted by atomic mass is 10.3. The fourth-order valence-electron chi connectivity index (χ4n) is 1.44. The summed E-state index contributed by atoms with van der Waals surface area (Å²) in [5, 5.41) is 4.25. The third-order valence-electron chi connectivity index (χ3n) is 2.63. The van der Waals surface area contributed by atoms with Crippen molar-refractivity contribution in [2.45, 2.75) is 33.4 Å². The second kappa shape index (κ2) is 5.34. The number of carbonyl (C=O) groups excluding carboxylic acids is 1. The summed E-state index contributed by atoms with van der Waals surface area (Å²) < 4.78 is 1.72. The van der Waals surface area contributed by atoms with E-state index < -0.39 is 0 Å². The lowest BCUT2D eigenvalue weighted by Crippen LogP contribution is -2.37. The summed E-state index contributed by atoms with van der Waals surface area (Å²) in [6.07, 6.45) is 0. The summed E-state index contributed by atoms with van der Waals surface area (Å²) in [4.78, 5) is 13.8. The summed E-state index contributed by atoms with van der Waals surface area (Å²) in [6.45, 7) is 6.46. The van der Waals surface area contributed by atoms with Crippen LogP contribution in [0.4, 0.5) is 0 Å². The SMILES string of the molecule is CCn1nc(C)cc1C(=O)N(C)C(C)CCl. The second-order valence-electron chi connectivity index (χ2n) is 3.91. The average Bonchev–Trinajstić information content (AvgIpc) is 2.67. The van der Waals surface area contributed by atoms with Crippen LogP contribution < -0.4 is 0 Å². The largest absolute Gasteiger partial charge is 0.336 e. The van der Waals surface area contributed by atoms with Crippen LogP contribution >= 0.6 is 11.6 Å². The first-order chi connectivity index (χ1) is 7.51. The topological polar surface area (TPSA) is 38.1 Å². The standard InChI is InChI=1S/C11H18ClN3O/c1-5-15-10(6-8(2)13-15)11(16)14(4)9(3)7-12/h6,9H,5,7H2,1-4H3. The van der Waals surface area contributed by atoms with Gasteiger partial charge in [-0.2, -0.15) is 5.10 Å². The van der Waals surface area contributed by atoms with Crippen LogP contribution in [0.2, 0.25) is 0 Å². The second-order valence-corrected chi connectivity index (χ2v) is 4.21. The Labute approximate surface area is 101 Å². The third kappa shape index (κ3) is 2.55. The van der Waals surface area contributed by atoms with Gasteiger partial charge in [-0.25, -0.2) is 0 Å². The minimum Gasteiger partial charge on any atom is -0.336 e. The molecular formula is C11H18ClN3O. The molecule has 16 heavy (non-hydrogen) atoms. The predicted molar refractivity (Wildman–Crippen MR) is 64.9 cm³/mol. The molecule has 0 saturated heterocycles. The lowest BCUT2D eigenvalue weighted by molar-refractivity contribution is 0.0744. The number of carbonyl (C=O) groups is 1. The van der Waals surface area contributed by atoms with Crippen molar-refractivity contribution in [1.82, 2.24) is 14.7 Å². The van der Waals surface area contributed by atoms with E-state index in [2.05, 4.69) is 5.10 Å². The molecule has 0 aliphatic carbocycles. The van der Waals surface area contributed by atoms with Gasteiger partial charge in [0.15, 0.2) is 0 Å². The molecule has 0 radical (unpaired) electrons. The number of aryl methyl sites for hydroxylation is 2. The van der Waals surface area contributed by atoms with E-state index in [1.54, 1.807) is 16.6 Å². The number of nitrogens with zero attached hydrogens (tertiary/aromatic N) is 3. The molecule has 90 valence electrons. The van der Waals surface area contributed by atoms with Crippen LogP contribution in [0.1, 0.15) is 30.0 Å². The summed E-state index contributed by atoms with van der Waals surface area (Å²) in [6, 6.07) is 1.83. The first-order valence-electron chi connectivity index (χ1n) is 5.38. The van der Waals surface area contributed by atoms with E-state index in [4.69, 9.17) is 11.6 Å². The summed E-state index contributed by atoms with van der Waals surface area (Å²) in [7, 11) is 1.76. The molecule has 1 unspecified atom stereocenters. The van der Waals surface area contributed by atoms with E-state index in [-0.39, 0.29) is 11.9 Å². The summed E-state index contributed by atoms with van der Waals surface area (Å²) in [5.74, 6) is 0.400. The minimum atomic E-state index is -0.0319. The highest BCUT2D eigenvalue weighted by Gasteiger charge is 2.20. The highest BCUT2D eigenvalue weighted by atomic mass is 35.5. The number of hydrogen-bond donors (Lipinski definition) is 0. The molecular weight excluding hydrogens is 226 g/mol. The molecule has 1 amide bonds. The molecule has 0 saturated carbocycles. The molecule has 0 bridgehead atoms. The summed E-state index contributed by atoms with van der Waals surface area (Å²) >= 11 is 5.74. The third-order valence-corrected chi connectivity index (χ3v) is 3.07. The average molecular weight is 244 g/mol. The number of amides is 1. The number of rotatable bonds is 4. The van der Waals surface area contributed by atoms with Crippen LogP contribution in [0.3, 0.4) is 0 Å². The normalized spacial score (nSPS) is 12.6. The van der Waals surface area contributed by atoms with Crippen molar-refractivity contribution in [3.63, 3.8) is 0 Å². The van der Waals surface area contributed by atoms with E-state index in [0.717, 1.165) is 5.69 Å². The fourth-order valence-corrected chi connectivity index (χ4v) is 1.65. The molecule has 1 aromatic heterocycles. The molecule has 1 heterocycles.